The Hall–Kier alpha value is -4.29. The lowest BCUT2D eigenvalue weighted by Crippen LogP contribution is -2.53. The minimum atomic E-state index is -0.908. The van der Waals surface area contributed by atoms with Crippen molar-refractivity contribution < 1.29 is 19.2 Å². The zero-order chi connectivity index (χ0) is 30.7. The molecular formula is C30H44N8O4. The third kappa shape index (κ3) is 12.9. The summed E-state index contributed by atoms with van der Waals surface area (Å²) in [5.41, 5.74) is 24.1. The van der Waals surface area contributed by atoms with Crippen molar-refractivity contribution in [1.29, 1.82) is 0 Å². The van der Waals surface area contributed by atoms with E-state index in [9.17, 15) is 19.2 Å². The Morgan fingerprint density at radius 2 is 1.45 bits per heavy atom. The van der Waals surface area contributed by atoms with E-state index < -0.39 is 23.9 Å². The fourth-order valence-electron chi connectivity index (χ4n) is 4.22. The molecule has 2 aromatic carbocycles. The molecule has 0 saturated heterocycles. The molecule has 0 aliphatic heterocycles. The summed E-state index contributed by atoms with van der Waals surface area (Å²) in [5.74, 6) is -1.60. The van der Waals surface area contributed by atoms with Crippen molar-refractivity contribution in [3.05, 3.63) is 60.2 Å². The van der Waals surface area contributed by atoms with Gasteiger partial charge in [-0.3, -0.25) is 29.5 Å². The molecule has 42 heavy (non-hydrogen) atoms. The molecule has 0 spiro atoms. The number of aliphatic imine (C=N–C) groups is 1. The molecule has 12 heteroatoms. The number of nitrogens with two attached hydrogens (primary N) is 4. The topological polar surface area (TPSA) is 221 Å². The predicted octanol–water partition coefficient (Wildman–Crippen LogP) is 0.544. The van der Waals surface area contributed by atoms with Crippen molar-refractivity contribution >= 4 is 29.5 Å². The molecule has 0 aliphatic carbocycles. The van der Waals surface area contributed by atoms with Gasteiger partial charge in [-0.1, -0.05) is 54.6 Å². The summed E-state index contributed by atoms with van der Waals surface area (Å²) in [6.45, 7) is 1.17. The summed E-state index contributed by atoms with van der Waals surface area (Å²) in [6.07, 6.45) is 3.06. The summed E-state index contributed by atoms with van der Waals surface area (Å²) in [7, 11) is 0. The number of rotatable bonds is 20. The lowest BCUT2D eigenvalue weighted by molar-refractivity contribution is -0.130. The number of nitrogens with one attached hydrogen (secondary N) is 3. The van der Waals surface area contributed by atoms with Gasteiger partial charge in [0.05, 0.1) is 12.6 Å². The van der Waals surface area contributed by atoms with E-state index >= 15 is 0 Å². The number of primary amides is 1. The Kier molecular flexibility index (Phi) is 15.3. The van der Waals surface area contributed by atoms with Crippen molar-refractivity contribution in [3.63, 3.8) is 0 Å². The normalized spacial score (nSPS) is 12.1. The molecule has 2 aromatic rings. The lowest BCUT2D eigenvalue weighted by Gasteiger charge is -2.23. The molecule has 0 heterocycles. The van der Waals surface area contributed by atoms with Crippen LogP contribution >= 0.6 is 0 Å². The third-order valence-corrected chi connectivity index (χ3v) is 6.58. The van der Waals surface area contributed by atoms with Gasteiger partial charge in [0.25, 0.3) is 0 Å². The highest BCUT2D eigenvalue weighted by molar-refractivity contribution is 5.98. The van der Waals surface area contributed by atoms with Crippen LogP contribution in [0.1, 0.15) is 55.3 Å². The zero-order valence-electron chi connectivity index (χ0n) is 24.0. The molecule has 0 saturated carbocycles. The van der Waals surface area contributed by atoms with E-state index in [1.165, 1.54) is 0 Å². The first-order chi connectivity index (χ1) is 20.2. The maximum absolute atomic E-state index is 13.3. The highest BCUT2D eigenvalue weighted by Gasteiger charge is 2.26. The Morgan fingerprint density at radius 3 is 2.10 bits per heavy atom. The number of hydrogen-bond acceptors (Lipinski definition) is 7. The second-order valence-corrected chi connectivity index (χ2v) is 9.96. The van der Waals surface area contributed by atoms with Crippen LogP contribution in [0.4, 0.5) is 0 Å². The van der Waals surface area contributed by atoms with Crippen molar-refractivity contribution in [3.8, 4) is 11.1 Å². The average molecular weight is 581 g/mol. The van der Waals surface area contributed by atoms with Crippen LogP contribution in [-0.2, 0) is 14.4 Å². The summed E-state index contributed by atoms with van der Waals surface area (Å²) in [4.78, 5) is 54.4. The molecule has 0 aliphatic rings. The van der Waals surface area contributed by atoms with Gasteiger partial charge in [0.1, 0.15) is 6.04 Å². The largest absolute Gasteiger partial charge is 0.370 e. The molecular weight excluding hydrogens is 536 g/mol. The number of nitrogens with zero attached hydrogens (tertiary/aromatic N) is 1. The lowest BCUT2D eigenvalue weighted by atomic mass is 10.0. The first kappa shape index (κ1) is 33.9. The molecule has 2 atom stereocenters. The number of carbonyl (C=O) groups excluding carboxylic acids is 4. The van der Waals surface area contributed by atoms with E-state index in [-0.39, 0.29) is 37.0 Å². The van der Waals surface area contributed by atoms with Gasteiger partial charge in [0.15, 0.2) is 11.7 Å². The number of hydrogen-bond donors (Lipinski definition) is 7. The van der Waals surface area contributed by atoms with Crippen molar-refractivity contribution in [2.75, 3.05) is 26.2 Å². The molecule has 0 unspecified atom stereocenters. The molecule has 0 fully saturated rings. The van der Waals surface area contributed by atoms with Crippen molar-refractivity contribution in [2.45, 2.75) is 57.0 Å². The van der Waals surface area contributed by atoms with Gasteiger partial charge >= 0.3 is 0 Å². The van der Waals surface area contributed by atoms with Gasteiger partial charge in [-0.15, -0.1) is 0 Å². The maximum atomic E-state index is 13.3. The van der Waals surface area contributed by atoms with Gasteiger partial charge in [-0.25, -0.2) is 0 Å². The quantitative estimate of drug-likeness (QED) is 0.0506. The third-order valence-electron chi connectivity index (χ3n) is 6.58. The fourth-order valence-corrected chi connectivity index (χ4v) is 4.22. The second kappa shape index (κ2) is 18.9. The number of amides is 3. The number of ketones is 1. The molecule has 0 bridgehead atoms. The molecule has 2 rings (SSSR count). The van der Waals surface area contributed by atoms with Gasteiger partial charge in [0, 0.05) is 25.1 Å². The Bertz CT molecular complexity index is 1170. The molecule has 0 radical (unpaired) electrons. The number of benzene rings is 2. The smallest absolute Gasteiger partial charge is 0.242 e. The first-order valence-corrected chi connectivity index (χ1v) is 14.2. The number of unbranched alkanes of at least 4 members (excludes halogenated alkanes) is 2. The van der Waals surface area contributed by atoms with Crippen LogP contribution in [0.25, 0.3) is 11.1 Å². The van der Waals surface area contributed by atoms with Crippen LogP contribution in [0.15, 0.2) is 59.6 Å². The minimum absolute atomic E-state index is 0.0175. The van der Waals surface area contributed by atoms with Crippen LogP contribution in [0, 0.1) is 0 Å². The predicted molar refractivity (Wildman–Crippen MR) is 164 cm³/mol. The van der Waals surface area contributed by atoms with Crippen LogP contribution in [0.3, 0.4) is 0 Å². The Balaban J connectivity index is 2.00. The maximum Gasteiger partial charge on any atom is 0.242 e. The van der Waals surface area contributed by atoms with E-state index in [1.807, 2.05) is 42.5 Å². The monoisotopic (exact) mass is 580 g/mol. The standard InChI is InChI=1S/C30H44N8O4/c31-17-5-4-10-25(28(41)35-18-6-7-19-36-30(33)34)38-29(42)24(15-16-27(32)40)37-20-26(39)23-13-11-22(12-14-23)21-8-2-1-3-9-21/h1-3,8-9,11-14,24-25,37H,4-7,10,15-20,31H2,(H2,32,40)(H,35,41)(H,38,42)(H4,33,34,36)/t24-,25-/m0/s1. The molecule has 3 amide bonds. The van der Waals surface area contributed by atoms with Gasteiger partial charge in [-0.05, 0) is 56.2 Å². The summed E-state index contributed by atoms with van der Waals surface area (Å²) >= 11 is 0. The minimum Gasteiger partial charge on any atom is -0.370 e. The Labute approximate surface area is 247 Å². The first-order valence-electron chi connectivity index (χ1n) is 14.2. The molecule has 11 N–H and O–H groups in total. The van der Waals surface area contributed by atoms with Crippen molar-refractivity contribution in [2.24, 2.45) is 27.9 Å². The summed E-state index contributed by atoms with van der Waals surface area (Å²) < 4.78 is 0. The highest BCUT2D eigenvalue weighted by atomic mass is 16.2. The zero-order valence-corrected chi connectivity index (χ0v) is 24.0. The van der Waals surface area contributed by atoms with Crippen LogP contribution in [0.2, 0.25) is 0 Å². The fraction of sp³-hybridized carbons (Fsp3) is 0.433. The summed E-state index contributed by atoms with van der Waals surface area (Å²) in [5, 5.41) is 8.57. The highest BCUT2D eigenvalue weighted by Crippen LogP contribution is 2.19. The van der Waals surface area contributed by atoms with E-state index in [2.05, 4.69) is 20.9 Å². The van der Waals surface area contributed by atoms with Gasteiger partial charge in [0.2, 0.25) is 17.7 Å². The number of carbonyl (C=O) groups is 4. The van der Waals surface area contributed by atoms with Crippen LogP contribution in [-0.4, -0.2) is 67.7 Å². The van der Waals surface area contributed by atoms with Gasteiger partial charge in [-0.2, -0.15) is 0 Å². The van der Waals surface area contributed by atoms with E-state index in [0.717, 1.165) is 11.1 Å². The average Bonchev–Trinajstić information content (AvgIpc) is 2.98. The Morgan fingerprint density at radius 1 is 0.762 bits per heavy atom. The van der Waals surface area contributed by atoms with Crippen LogP contribution in [0.5, 0.6) is 0 Å². The van der Waals surface area contributed by atoms with Crippen molar-refractivity contribution in [1.82, 2.24) is 16.0 Å². The SMILES string of the molecule is NCCCC[C@H](NC(=O)[C@H](CCC(N)=O)NCC(=O)c1ccc(-c2ccccc2)cc1)C(=O)NCCCCN=C(N)N. The molecule has 0 aromatic heterocycles. The van der Waals surface area contributed by atoms with E-state index in [1.54, 1.807) is 12.1 Å². The van der Waals surface area contributed by atoms with E-state index in [0.29, 0.717) is 57.3 Å². The number of guanidine groups is 1. The molecule has 228 valence electrons. The summed E-state index contributed by atoms with van der Waals surface area (Å²) in [6, 6.07) is 15.3. The van der Waals surface area contributed by atoms with E-state index in [4.69, 9.17) is 22.9 Å². The second-order valence-electron chi connectivity index (χ2n) is 9.96. The van der Waals surface area contributed by atoms with Crippen LogP contribution < -0.4 is 38.9 Å². The number of Topliss-reactive ketones (excluding diaryl/α,β-unsaturated/α-hetero) is 1. The van der Waals surface area contributed by atoms with Gasteiger partial charge < -0.3 is 33.6 Å². The molecule has 12 nitrogen and oxygen atoms in total.